The van der Waals surface area contributed by atoms with Gasteiger partial charge in [-0.1, -0.05) is 25.0 Å². The summed E-state index contributed by atoms with van der Waals surface area (Å²) in [6.45, 7) is 2.07. The fourth-order valence-electron chi connectivity index (χ4n) is 3.33. The molecule has 2 atom stereocenters. The molecule has 144 valence electrons. The summed E-state index contributed by atoms with van der Waals surface area (Å²) in [5, 5.41) is 12.2. The molecule has 1 aliphatic carbocycles. The minimum atomic E-state index is -0.861. The number of rotatable bonds is 9. The Morgan fingerprint density at radius 2 is 1.81 bits per heavy atom. The van der Waals surface area contributed by atoms with Gasteiger partial charge in [-0.05, 0) is 51.1 Å². The average molecular weight is 362 g/mol. The van der Waals surface area contributed by atoms with Crippen molar-refractivity contribution >= 4 is 11.9 Å². The summed E-state index contributed by atoms with van der Waals surface area (Å²) in [5.41, 5.74) is 0.974. The van der Waals surface area contributed by atoms with Crippen molar-refractivity contribution in [3.05, 3.63) is 29.8 Å². The highest BCUT2D eigenvalue weighted by molar-refractivity contribution is 5.84. The van der Waals surface area contributed by atoms with Crippen LogP contribution in [0.4, 0.5) is 0 Å². The molecule has 26 heavy (non-hydrogen) atoms. The van der Waals surface area contributed by atoms with Crippen LogP contribution in [0.25, 0.3) is 0 Å². The van der Waals surface area contributed by atoms with E-state index in [2.05, 4.69) is 10.2 Å². The lowest BCUT2D eigenvalue weighted by atomic mass is 9.78. The highest BCUT2D eigenvalue weighted by atomic mass is 16.5. The molecule has 2 rings (SSSR count). The number of amides is 1. The van der Waals surface area contributed by atoms with Crippen LogP contribution in [0.2, 0.25) is 0 Å². The minimum Gasteiger partial charge on any atom is -0.494 e. The molecule has 1 fully saturated rings. The van der Waals surface area contributed by atoms with Crippen LogP contribution in [0, 0.1) is 11.8 Å². The van der Waals surface area contributed by atoms with Crippen LogP contribution in [-0.2, 0) is 16.1 Å². The Balaban J connectivity index is 1.78. The second kappa shape index (κ2) is 10.2. The molecule has 0 radical (unpaired) electrons. The van der Waals surface area contributed by atoms with Gasteiger partial charge < -0.3 is 20.1 Å². The molecule has 6 heteroatoms. The summed E-state index contributed by atoms with van der Waals surface area (Å²) in [4.78, 5) is 25.8. The highest BCUT2D eigenvalue weighted by Crippen LogP contribution is 2.30. The molecule has 1 aliphatic rings. The number of nitrogens with zero attached hydrogens (tertiary/aromatic N) is 1. The van der Waals surface area contributed by atoms with Crippen molar-refractivity contribution in [1.82, 2.24) is 10.2 Å². The van der Waals surface area contributed by atoms with Gasteiger partial charge in [0.25, 0.3) is 0 Å². The van der Waals surface area contributed by atoms with Gasteiger partial charge in [0, 0.05) is 13.1 Å². The van der Waals surface area contributed by atoms with Crippen molar-refractivity contribution in [2.45, 2.75) is 38.6 Å². The van der Waals surface area contributed by atoms with Gasteiger partial charge in [0.2, 0.25) is 5.91 Å². The molecule has 2 N–H and O–H groups in total. The maximum Gasteiger partial charge on any atom is 0.307 e. The van der Waals surface area contributed by atoms with E-state index in [9.17, 15) is 14.7 Å². The number of hydrogen-bond acceptors (Lipinski definition) is 4. The van der Waals surface area contributed by atoms with E-state index in [1.807, 2.05) is 38.4 Å². The zero-order valence-electron chi connectivity index (χ0n) is 15.7. The third-order valence-electron chi connectivity index (χ3n) is 4.83. The molecule has 0 aromatic heterocycles. The van der Waals surface area contributed by atoms with Crippen molar-refractivity contribution < 1.29 is 19.4 Å². The van der Waals surface area contributed by atoms with Crippen molar-refractivity contribution in [3.8, 4) is 5.75 Å². The van der Waals surface area contributed by atoms with Gasteiger partial charge in [-0.2, -0.15) is 0 Å². The third-order valence-corrected chi connectivity index (χ3v) is 4.83. The molecule has 1 saturated carbocycles. The van der Waals surface area contributed by atoms with Crippen molar-refractivity contribution in [1.29, 1.82) is 0 Å². The third kappa shape index (κ3) is 6.33. The van der Waals surface area contributed by atoms with E-state index in [0.717, 1.165) is 37.1 Å². The maximum absolute atomic E-state index is 12.4. The van der Waals surface area contributed by atoms with Crippen LogP contribution in [0.5, 0.6) is 5.75 Å². The monoisotopic (exact) mass is 362 g/mol. The van der Waals surface area contributed by atoms with E-state index in [4.69, 9.17) is 4.74 Å². The number of ether oxygens (including phenoxy) is 1. The van der Waals surface area contributed by atoms with Crippen molar-refractivity contribution in [2.24, 2.45) is 11.8 Å². The Kier molecular flexibility index (Phi) is 7.91. The summed E-state index contributed by atoms with van der Waals surface area (Å²) in [6, 6.07) is 7.66. The molecule has 0 spiro atoms. The van der Waals surface area contributed by atoms with Gasteiger partial charge in [-0.3, -0.25) is 9.59 Å². The van der Waals surface area contributed by atoms with E-state index in [1.54, 1.807) is 0 Å². The predicted octanol–water partition coefficient (Wildman–Crippen LogP) is 2.52. The number of carboxylic acids is 1. The maximum atomic E-state index is 12.4. The molecule has 0 saturated heterocycles. The first-order valence-corrected chi connectivity index (χ1v) is 9.34. The molecule has 0 bridgehead atoms. The number of carbonyl (C=O) groups excluding carboxylic acids is 1. The zero-order valence-corrected chi connectivity index (χ0v) is 15.7. The second-order valence-corrected chi connectivity index (χ2v) is 7.20. The van der Waals surface area contributed by atoms with E-state index in [0.29, 0.717) is 26.0 Å². The molecular formula is C20H30N2O4. The molecular weight excluding hydrogens is 332 g/mol. The number of carbonyl (C=O) groups is 2. The number of carboxylic acid groups (broad SMARTS) is 1. The molecule has 2 unspecified atom stereocenters. The number of nitrogens with one attached hydrogen (secondary N) is 1. The van der Waals surface area contributed by atoms with Crippen LogP contribution in [-0.4, -0.2) is 49.1 Å². The summed E-state index contributed by atoms with van der Waals surface area (Å²) in [5.74, 6) is -1.17. The van der Waals surface area contributed by atoms with Gasteiger partial charge in [-0.25, -0.2) is 0 Å². The Hall–Kier alpha value is -2.08. The number of benzene rings is 1. The van der Waals surface area contributed by atoms with Crippen LogP contribution in [0.15, 0.2) is 24.3 Å². The molecule has 1 aromatic carbocycles. The SMILES string of the molecule is CN(C)CCCOc1ccc(CNC(=O)C2CCCCC2C(=O)O)cc1. The first-order chi connectivity index (χ1) is 12.5. The quantitative estimate of drug-likeness (QED) is 0.660. The predicted molar refractivity (Wildman–Crippen MR) is 100 cm³/mol. The van der Waals surface area contributed by atoms with Crippen LogP contribution >= 0.6 is 0 Å². The lowest BCUT2D eigenvalue weighted by Crippen LogP contribution is -2.39. The first kappa shape index (κ1) is 20.2. The summed E-state index contributed by atoms with van der Waals surface area (Å²) >= 11 is 0. The first-order valence-electron chi connectivity index (χ1n) is 9.34. The standard InChI is InChI=1S/C20H30N2O4/c1-22(2)12-5-13-26-16-10-8-15(9-11-16)14-21-19(23)17-6-3-4-7-18(17)20(24)25/h8-11,17-18H,3-7,12-14H2,1-2H3,(H,21,23)(H,24,25). The molecule has 6 nitrogen and oxygen atoms in total. The molecule has 0 aliphatic heterocycles. The largest absolute Gasteiger partial charge is 0.494 e. The van der Waals surface area contributed by atoms with Crippen LogP contribution in [0.3, 0.4) is 0 Å². The van der Waals surface area contributed by atoms with Gasteiger partial charge in [0.1, 0.15) is 5.75 Å². The van der Waals surface area contributed by atoms with Gasteiger partial charge >= 0.3 is 5.97 Å². The second-order valence-electron chi connectivity index (χ2n) is 7.20. The number of hydrogen-bond donors (Lipinski definition) is 2. The van der Waals surface area contributed by atoms with Gasteiger partial charge in [-0.15, -0.1) is 0 Å². The molecule has 1 amide bonds. The topological polar surface area (TPSA) is 78.9 Å². The fraction of sp³-hybridized carbons (Fsp3) is 0.600. The Bertz CT molecular complexity index is 586. The Morgan fingerprint density at radius 3 is 2.42 bits per heavy atom. The van der Waals surface area contributed by atoms with Gasteiger partial charge in [0.15, 0.2) is 0 Å². The van der Waals surface area contributed by atoms with Crippen molar-refractivity contribution in [2.75, 3.05) is 27.2 Å². The molecule has 0 heterocycles. The average Bonchev–Trinajstić information content (AvgIpc) is 2.64. The van der Waals surface area contributed by atoms with Crippen molar-refractivity contribution in [3.63, 3.8) is 0 Å². The Labute approximate surface area is 155 Å². The summed E-state index contributed by atoms with van der Waals surface area (Å²) in [6.07, 6.45) is 4.02. The van der Waals surface area contributed by atoms with Gasteiger partial charge in [0.05, 0.1) is 18.4 Å². The van der Waals surface area contributed by atoms with Crippen LogP contribution in [0.1, 0.15) is 37.7 Å². The fourth-order valence-corrected chi connectivity index (χ4v) is 3.33. The van der Waals surface area contributed by atoms with Crippen LogP contribution < -0.4 is 10.1 Å². The summed E-state index contributed by atoms with van der Waals surface area (Å²) in [7, 11) is 4.07. The lowest BCUT2D eigenvalue weighted by Gasteiger charge is -2.27. The highest BCUT2D eigenvalue weighted by Gasteiger charge is 2.35. The summed E-state index contributed by atoms with van der Waals surface area (Å²) < 4.78 is 5.69. The van der Waals surface area contributed by atoms with E-state index < -0.39 is 17.8 Å². The lowest BCUT2D eigenvalue weighted by molar-refractivity contribution is -0.148. The Morgan fingerprint density at radius 1 is 1.15 bits per heavy atom. The molecule has 1 aromatic rings. The zero-order chi connectivity index (χ0) is 18.9. The normalized spacial score (nSPS) is 20.0. The van der Waals surface area contributed by atoms with E-state index >= 15 is 0 Å². The minimum absolute atomic E-state index is 0.152. The number of aliphatic carboxylic acids is 1. The van der Waals surface area contributed by atoms with E-state index in [-0.39, 0.29) is 5.91 Å². The smallest absolute Gasteiger partial charge is 0.307 e. The van der Waals surface area contributed by atoms with E-state index in [1.165, 1.54) is 0 Å².